The number of nitrogens with zero attached hydrogens (tertiary/aromatic N) is 6. The largest absolute Gasteiger partial charge is 0.482 e. The molecule has 0 aliphatic carbocycles. The molecule has 0 saturated carbocycles. The molecule has 1 atom stereocenters. The molecule has 2 aromatic heterocycles. The van der Waals surface area contributed by atoms with Crippen molar-refractivity contribution in [3.8, 4) is 23.1 Å². The van der Waals surface area contributed by atoms with Crippen molar-refractivity contribution in [3.63, 3.8) is 0 Å². The van der Waals surface area contributed by atoms with Crippen LogP contribution in [0.4, 0.5) is 15.0 Å². The molecule has 206 valence electrons. The van der Waals surface area contributed by atoms with Gasteiger partial charge in [-0.15, -0.1) is 10.2 Å². The summed E-state index contributed by atoms with van der Waals surface area (Å²) in [6.45, 7) is 6.87. The van der Waals surface area contributed by atoms with Crippen LogP contribution in [0.15, 0.2) is 24.3 Å². The second-order valence-corrected chi connectivity index (χ2v) is 9.70. The lowest BCUT2D eigenvalue weighted by Crippen LogP contribution is -2.34. The minimum Gasteiger partial charge on any atom is -0.482 e. The fourth-order valence-electron chi connectivity index (χ4n) is 3.74. The van der Waals surface area contributed by atoms with Crippen LogP contribution in [-0.4, -0.2) is 56.7 Å². The highest BCUT2D eigenvalue weighted by Crippen LogP contribution is 2.33. The van der Waals surface area contributed by atoms with Gasteiger partial charge in [-0.25, -0.2) is 14.0 Å². The van der Waals surface area contributed by atoms with Crippen molar-refractivity contribution < 1.29 is 28.2 Å². The molecule has 1 amide bonds. The molecule has 0 aliphatic heterocycles. The number of nitrogen functional groups attached to an aromatic ring is 1. The van der Waals surface area contributed by atoms with E-state index in [4.69, 9.17) is 19.9 Å². The molecule has 12 nitrogen and oxygen atoms in total. The number of rotatable bonds is 7. The Hall–Kier alpha value is -4.73. The molecule has 1 aromatic carbocycles. The van der Waals surface area contributed by atoms with Crippen LogP contribution in [0.25, 0.3) is 11.3 Å². The molecule has 2 N–H and O–H groups in total. The number of hydrogen-bond acceptors (Lipinski definition) is 10. The highest BCUT2D eigenvalue weighted by Gasteiger charge is 2.26. The van der Waals surface area contributed by atoms with Gasteiger partial charge in [0.25, 0.3) is 0 Å². The molecule has 39 heavy (non-hydrogen) atoms. The molecule has 13 heteroatoms. The average molecular weight is 540 g/mol. The van der Waals surface area contributed by atoms with E-state index in [-0.39, 0.29) is 40.6 Å². The number of anilines is 1. The third-order valence-electron chi connectivity index (χ3n) is 5.52. The van der Waals surface area contributed by atoms with Gasteiger partial charge in [0.05, 0.1) is 30.5 Å². The summed E-state index contributed by atoms with van der Waals surface area (Å²) in [7, 11) is 4.35. The van der Waals surface area contributed by atoms with Crippen LogP contribution in [-0.2, 0) is 23.1 Å². The first-order chi connectivity index (χ1) is 18.2. The topological polar surface area (TPSA) is 158 Å². The first-order valence-electron chi connectivity index (χ1n) is 11.8. The van der Waals surface area contributed by atoms with E-state index >= 15 is 0 Å². The summed E-state index contributed by atoms with van der Waals surface area (Å²) in [4.78, 5) is 26.1. The fourth-order valence-corrected chi connectivity index (χ4v) is 3.74. The lowest BCUT2D eigenvalue weighted by molar-refractivity contribution is 0.0283. The van der Waals surface area contributed by atoms with Crippen molar-refractivity contribution in [1.82, 2.24) is 24.9 Å². The summed E-state index contributed by atoms with van der Waals surface area (Å²) in [5.74, 6) is -1.22. The number of nitriles is 1. The van der Waals surface area contributed by atoms with Gasteiger partial charge in [-0.1, -0.05) is 0 Å². The number of methoxy groups -OCH3 is 1. The lowest BCUT2D eigenvalue weighted by atomic mass is 10.0. The number of benzene rings is 1. The Morgan fingerprint density at radius 1 is 1.26 bits per heavy atom. The molecular weight excluding hydrogens is 509 g/mol. The fraction of sp³-hybridized carbons (Fsp3) is 0.385. The molecule has 0 aliphatic rings. The first kappa shape index (κ1) is 28.8. The Labute approximate surface area is 225 Å². The molecule has 2 heterocycles. The van der Waals surface area contributed by atoms with Crippen molar-refractivity contribution >= 4 is 17.9 Å². The van der Waals surface area contributed by atoms with Gasteiger partial charge >= 0.3 is 12.1 Å². The predicted octanol–water partition coefficient (Wildman–Crippen LogP) is 3.76. The smallest absolute Gasteiger partial charge is 0.410 e. The van der Waals surface area contributed by atoms with Gasteiger partial charge in [-0.05, 0) is 45.9 Å². The van der Waals surface area contributed by atoms with Crippen molar-refractivity contribution in [1.29, 1.82) is 5.26 Å². The summed E-state index contributed by atoms with van der Waals surface area (Å²) in [5, 5.41) is 22.3. The van der Waals surface area contributed by atoms with Gasteiger partial charge in [0, 0.05) is 25.7 Å². The van der Waals surface area contributed by atoms with Crippen LogP contribution in [0, 0.1) is 17.1 Å². The maximum absolute atomic E-state index is 14.0. The number of aromatic nitrogens is 4. The molecule has 0 radical (unpaired) electrons. The molecule has 0 saturated heterocycles. The Balaban J connectivity index is 2.00. The number of aryl methyl sites for hydroxylation is 1. The number of ether oxygens (including phenoxy) is 3. The van der Waals surface area contributed by atoms with Gasteiger partial charge in [0.2, 0.25) is 0 Å². The summed E-state index contributed by atoms with van der Waals surface area (Å²) < 4.78 is 31.6. The van der Waals surface area contributed by atoms with Crippen LogP contribution in [0.3, 0.4) is 0 Å². The number of carbonyl (C=O) groups is 2. The zero-order chi connectivity index (χ0) is 29.1. The highest BCUT2D eigenvalue weighted by molar-refractivity contribution is 5.91. The molecule has 0 spiro atoms. The number of hydrogen-bond donors (Lipinski definition) is 1. The van der Waals surface area contributed by atoms with Crippen molar-refractivity contribution in [2.45, 2.75) is 45.9 Å². The minimum atomic E-state index is -0.851. The van der Waals surface area contributed by atoms with Crippen LogP contribution >= 0.6 is 0 Å². The van der Waals surface area contributed by atoms with E-state index in [1.54, 1.807) is 41.8 Å². The third kappa shape index (κ3) is 6.59. The molecular formula is C26H30FN7O5. The highest BCUT2D eigenvalue weighted by atomic mass is 19.1. The van der Waals surface area contributed by atoms with Gasteiger partial charge in [0.1, 0.15) is 35.0 Å². The van der Waals surface area contributed by atoms with Gasteiger partial charge in [-0.2, -0.15) is 10.4 Å². The van der Waals surface area contributed by atoms with Gasteiger partial charge < -0.3 is 24.8 Å². The van der Waals surface area contributed by atoms with Crippen LogP contribution in [0.2, 0.25) is 0 Å². The van der Waals surface area contributed by atoms with Gasteiger partial charge in [-0.3, -0.25) is 4.68 Å². The Bertz CT molecular complexity index is 1440. The summed E-state index contributed by atoms with van der Waals surface area (Å²) in [6.07, 6.45) is -1.42. The summed E-state index contributed by atoms with van der Waals surface area (Å²) in [5.41, 5.74) is 6.73. The second kappa shape index (κ2) is 11.3. The summed E-state index contributed by atoms with van der Waals surface area (Å²) >= 11 is 0. The first-order valence-corrected chi connectivity index (χ1v) is 11.8. The van der Waals surface area contributed by atoms with E-state index in [9.17, 15) is 19.2 Å². The average Bonchev–Trinajstić information content (AvgIpc) is 3.18. The molecule has 0 bridgehead atoms. The Kier molecular flexibility index (Phi) is 8.39. The SMILES string of the molecule is COC(=O)c1ccc(F)cc1C(C)Oc1cc(-c2c(CN(C)C(=O)OC(C)(C)C)nn(C)c2C#N)nnc1N. The maximum Gasteiger partial charge on any atom is 0.410 e. The third-order valence-corrected chi connectivity index (χ3v) is 5.52. The Morgan fingerprint density at radius 3 is 2.56 bits per heavy atom. The second-order valence-electron chi connectivity index (χ2n) is 9.70. The number of amides is 1. The van der Waals surface area contributed by atoms with E-state index in [1.165, 1.54) is 34.9 Å². The van der Waals surface area contributed by atoms with Crippen LogP contribution < -0.4 is 10.5 Å². The monoisotopic (exact) mass is 539 g/mol. The normalized spacial score (nSPS) is 11.9. The Morgan fingerprint density at radius 2 is 1.95 bits per heavy atom. The van der Waals surface area contributed by atoms with Crippen LogP contribution in [0.5, 0.6) is 5.75 Å². The van der Waals surface area contributed by atoms with E-state index in [0.717, 1.165) is 6.07 Å². The lowest BCUT2D eigenvalue weighted by Gasteiger charge is -2.24. The zero-order valence-electron chi connectivity index (χ0n) is 22.8. The van der Waals surface area contributed by atoms with Crippen LogP contribution in [0.1, 0.15) is 61.1 Å². The molecule has 0 fully saturated rings. The number of carbonyl (C=O) groups excluding carboxylic acids is 2. The summed E-state index contributed by atoms with van der Waals surface area (Å²) in [6, 6.07) is 7.17. The number of esters is 1. The molecule has 1 unspecified atom stereocenters. The van der Waals surface area contributed by atoms with E-state index in [2.05, 4.69) is 21.4 Å². The number of nitrogens with two attached hydrogens (primary N) is 1. The molecule has 3 aromatic rings. The minimum absolute atomic E-state index is 0.00416. The maximum atomic E-state index is 14.0. The van der Waals surface area contributed by atoms with E-state index in [1.807, 2.05) is 0 Å². The van der Waals surface area contributed by atoms with Crippen molar-refractivity contribution in [2.24, 2.45) is 7.05 Å². The molecule has 3 rings (SSSR count). The van der Waals surface area contributed by atoms with Gasteiger partial charge in [0.15, 0.2) is 11.6 Å². The standard InChI is InChI=1S/C26H30FN7O5/c1-14(17-10-15(27)8-9-16(17)24(35)37-7)38-21-11-18(30-31-23(21)29)22-19(32-34(6)20(22)12-28)13-33(5)25(36)39-26(2,3)4/h8-11,14H,13H2,1-7H3,(H2,29,31). The number of halogens is 1. The quantitative estimate of drug-likeness (QED) is 0.438. The predicted molar refractivity (Wildman–Crippen MR) is 138 cm³/mol. The van der Waals surface area contributed by atoms with Crippen molar-refractivity contribution in [3.05, 3.63) is 52.6 Å². The van der Waals surface area contributed by atoms with E-state index < -0.39 is 29.6 Å². The van der Waals surface area contributed by atoms with E-state index in [0.29, 0.717) is 11.3 Å². The van der Waals surface area contributed by atoms with Crippen molar-refractivity contribution in [2.75, 3.05) is 19.9 Å². The zero-order valence-corrected chi connectivity index (χ0v) is 22.8.